The van der Waals surface area contributed by atoms with Crippen LogP contribution >= 0.6 is 0 Å². The molecule has 0 amide bonds. The van der Waals surface area contributed by atoms with E-state index >= 15 is 0 Å². The smallest absolute Gasteiger partial charge is 0.0599 e. The Bertz CT molecular complexity index is 383. The van der Waals surface area contributed by atoms with E-state index in [9.17, 15) is 0 Å². The van der Waals surface area contributed by atoms with Gasteiger partial charge in [-0.2, -0.15) is 5.10 Å². The molecule has 1 aromatic rings. The molecule has 5 heteroatoms. The Morgan fingerprint density at radius 3 is 2.74 bits per heavy atom. The molecule has 1 saturated heterocycles. The monoisotopic (exact) mass is 266 g/mol. The van der Waals surface area contributed by atoms with E-state index in [0.29, 0.717) is 6.10 Å². The van der Waals surface area contributed by atoms with Gasteiger partial charge in [-0.25, -0.2) is 0 Å². The Morgan fingerprint density at radius 2 is 2.16 bits per heavy atom. The van der Waals surface area contributed by atoms with Crippen molar-refractivity contribution >= 4 is 0 Å². The largest absolute Gasteiger partial charge is 0.378 e. The first-order valence-corrected chi connectivity index (χ1v) is 7.22. The first-order chi connectivity index (χ1) is 9.20. The van der Waals surface area contributed by atoms with Gasteiger partial charge in [0.15, 0.2) is 0 Å². The summed E-state index contributed by atoms with van der Waals surface area (Å²) in [4.78, 5) is 2.49. The number of rotatable bonds is 6. The molecule has 0 unspecified atom stereocenters. The summed E-state index contributed by atoms with van der Waals surface area (Å²) < 4.78 is 7.77. The lowest BCUT2D eigenvalue weighted by atomic mass is 10.1. The quantitative estimate of drug-likeness (QED) is 0.782. The van der Waals surface area contributed by atoms with E-state index in [1.807, 2.05) is 17.9 Å². The Balaban J connectivity index is 1.73. The van der Waals surface area contributed by atoms with Crippen LogP contribution in [0.5, 0.6) is 0 Å². The van der Waals surface area contributed by atoms with E-state index in [4.69, 9.17) is 10.5 Å². The highest BCUT2D eigenvalue weighted by Gasteiger charge is 2.20. The molecule has 0 spiro atoms. The van der Waals surface area contributed by atoms with Crippen molar-refractivity contribution in [3.8, 4) is 0 Å². The summed E-state index contributed by atoms with van der Waals surface area (Å²) in [5.74, 6) is 0. The van der Waals surface area contributed by atoms with E-state index in [1.165, 1.54) is 11.3 Å². The van der Waals surface area contributed by atoms with Gasteiger partial charge in [-0.1, -0.05) is 0 Å². The van der Waals surface area contributed by atoms with E-state index in [0.717, 1.165) is 52.0 Å². The number of nitrogens with zero attached hydrogens (tertiary/aromatic N) is 3. The van der Waals surface area contributed by atoms with Gasteiger partial charge in [0.25, 0.3) is 0 Å². The van der Waals surface area contributed by atoms with Crippen molar-refractivity contribution < 1.29 is 4.74 Å². The molecule has 19 heavy (non-hydrogen) atoms. The molecule has 1 aliphatic heterocycles. The van der Waals surface area contributed by atoms with Gasteiger partial charge in [-0.05, 0) is 32.7 Å². The topological polar surface area (TPSA) is 56.3 Å². The van der Waals surface area contributed by atoms with Gasteiger partial charge in [0.2, 0.25) is 0 Å². The Morgan fingerprint density at radius 1 is 1.42 bits per heavy atom. The number of hydrogen-bond acceptors (Lipinski definition) is 4. The minimum Gasteiger partial charge on any atom is -0.378 e. The van der Waals surface area contributed by atoms with E-state index in [1.54, 1.807) is 0 Å². The standard InChI is InChI=1S/C14H26N4O/c1-12-13(10-16-17(12)2)11-18-7-4-14(5-8-18)19-9-3-6-15/h10,14H,3-9,11,15H2,1-2H3. The molecule has 2 rings (SSSR count). The Kier molecular flexibility index (Phi) is 5.36. The lowest BCUT2D eigenvalue weighted by Gasteiger charge is -2.31. The molecule has 1 aliphatic rings. The zero-order valence-corrected chi connectivity index (χ0v) is 12.1. The highest BCUT2D eigenvalue weighted by molar-refractivity contribution is 5.15. The van der Waals surface area contributed by atoms with Crippen LogP contribution in [0, 0.1) is 6.92 Å². The molecule has 2 heterocycles. The Hall–Kier alpha value is -0.910. The summed E-state index contributed by atoms with van der Waals surface area (Å²) in [7, 11) is 2.00. The number of ether oxygens (including phenoxy) is 1. The molecule has 0 bridgehead atoms. The summed E-state index contributed by atoms with van der Waals surface area (Å²) in [6.07, 6.45) is 5.64. The lowest BCUT2D eigenvalue weighted by Crippen LogP contribution is -2.36. The Labute approximate surface area is 115 Å². The molecular formula is C14H26N4O. The van der Waals surface area contributed by atoms with Crippen LogP contribution in [0.2, 0.25) is 0 Å². The molecule has 0 radical (unpaired) electrons. The molecule has 1 fully saturated rings. The number of nitrogens with two attached hydrogens (primary N) is 1. The molecule has 0 saturated carbocycles. The van der Waals surface area contributed by atoms with Gasteiger partial charge >= 0.3 is 0 Å². The molecule has 0 aliphatic carbocycles. The first kappa shape index (κ1) is 14.5. The second kappa shape index (κ2) is 7.03. The lowest BCUT2D eigenvalue weighted by molar-refractivity contribution is 0.00560. The first-order valence-electron chi connectivity index (χ1n) is 7.22. The van der Waals surface area contributed by atoms with Crippen LogP contribution in [-0.4, -0.2) is 47.0 Å². The van der Waals surface area contributed by atoms with Crippen molar-refractivity contribution in [2.45, 2.75) is 38.8 Å². The summed E-state index contributed by atoms with van der Waals surface area (Å²) >= 11 is 0. The molecule has 5 nitrogen and oxygen atoms in total. The molecule has 1 aromatic heterocycles. The van der Waals surface area contributed by atoms with Gasteiger partial charge in [-0.3, -0.25) is 9.58 Å². The fourth-order valence-electron chi connectivity index (χ4n) is 2.51. The fourth-order valence-corrected chi connectivity index (χ4v) is 2.51. The SMILES string of the molecule is Cc1c(CN2CCC(OCCCN)CC2)cnn1C. The third kappa shape index (κ3) is 4.03. The molecule has 2 N–H and O–H groups in total. The van der Waals surface area contributed by atoms with Crippen LogP contribution in [0.25, 0.3) is 0 Å². The zero-order valence-electron chi connectivity index (χ0n) is 12.1. The molecule has 0 atom stereocenters. The van der Waals surface area contributed by atoms with Crippen LogP contribution in [0.4, 0.5) is 0 Å². The van der Waals surface area contributed by atoms with E-state index < -0.39 is 0 Å². The number of aryl methyl sites for hydroxylation is 1. The normalized spacial score (nSPS) is 18.1. The maximum Gasteiger partial charge on any atom is 0.0599 e. The van der Waals surface area contributed by atoms with E-state index in [-0.39, 0.29) is 0 Å². The minimum absolute atomic E-state index is 0.429. The van der Waals surface area contributed by atoms with Crippen molar-refractivity contribution in [1.29, 1.82) is 0 Å². The summed E-state index contributed by atoms with van der Waals surface area (Å²) in [5, 5.41) is 4.30. The van der Waals surface area contributed by atoms with Crippen molar-refractivity contribution in [3.63, 3.8) is 0 Å². The number of likely N-dealkylation sites (tertiary alicyclic amines) is 1. The van der Waals surface area contributed by atoms with Crippen molar-refractivity contribution in [2.24, 2.45) is 12.8 Å². The summed E-state index contributed by atoms with van der Waals surface area (Å²) in [5.41, 5.74) is 8.08. The number of piperidine rings is 1. The highest BCUT2D eigenvalue weighted by Crippen LogP contribution is 2.17. The van der Waals surface area contributed by atoms with Crippen molar-refractivity contribution in [3.05, 3.63) is 17.5 Å². The molecule has 108 valence electrons. The van der Waals surface area contributed by atoms with Crippen molar-refractivity contribution in [1.82, 2.24) is 14.7 Å². The van der Waals surface area contributed by atoms with Crippen LogP contribution in [0.1, 0.15) is 30.5 Å². The van der Waals surface area contributed by atoms with Gasteiger partial charge in [0.1, 0.15) is 0 Å². The van der Waals surface area contributed by atoms with Crippen LogP contribution in [0.15, 0.2) is 6.20 Å². The maximum absolute atomic E-state index is 5.83. The second-order valence-electron chi connectivity index (χ2n) is 5.37. The average Bonchev–Trinajstić information content (AvgIpc) is 2.73. The van der Waals surface area contributed by atoms with Crippen molar-refractivity contribution in [2.75, 3.05) is 26.2 Å². The van der Waals surface area contributed by atoms with Crippen LogP contribution in [0.3, 0.4) is 0 Å². The summed E-state index contributed by atoms with van der Waals surface area (Å²) in [6, 6.07) is 0. The van der Waals surface area contributed by atoms with Gasteiger partial charge in [-0.15, -0.1) is 0 Å². The predicted octanol–water partition coefficient (Wildman–Crippen LogP) is 1.06. The van der Waals surface area contributed by atoms with Gasteiger partial charge in [0.05, 0.1) is 12.3 Å². The zero-order chi connectivity index (χ0) is 13.7. The summed E-state index contributed by atoms with van der Waals surface area (Å²) in [6.45, 7) is 6.89. The van der Waals surface area contributed by atoms with Gasteiger partial charge < -0.3 is 10.5 Å². The minimum atomic E-state index is 0.429. The predicted molar refractivity (Wildman–Crippen MR) is 75.9 cm³/mol. The highest BCUT2D eigenvalue weighted by atomic mass is 16.5. The van der Waals surface area contributed by atoms with E-state index in [2.05, 4.69) is 16.9 Å². The van der Waals surface area contributed by atoms with Crippen LogP contribution < -0.4 is 5.73 Å². The third-order valence-corrected chi connectivity index (χ3v) is 3.97. The number of hydrogen-bond donors (Lipinski definition) is 1. The number of aromatic nitrogens is 2. The fraction of sp³-hybridized carbons (Fsp3) is 0.786. The average molecular weight is 266 g/mol. The molecule has 0 aromatic carbocycles. The molecular weight excluding hydrogens is 240 g/mol. The third-order valence-electron chi connectivity index (χ3n) is 3.97. The van der Waals surface area contributed by atoms with Gasteiger partial charge in [0, 0.05) is 44.5 Å². The van der Waals surface area contributed by atoms with Crippen LogP contribution in [-0.2, 0) is 18.3 Å². The maximum atomic E-state index is 5.83. The second-order valence-corrected chi connectivity index (χ2v) is 5.37.